The zero-order valence-corrected chi connectivity index (χ0v) is 10.6. The van der Waals surface area contributed by atoms with Gasteiger partial charge in [-0.15, -0.1) is 0 Å². The Morgan fingerprint density at radius 2 is 2.12 bits per heavy atom. The lowest BCUT2D eigenvalue weighted by molar-refractivity contribution is 0.386. The number of methoxy groups -OCH3 is 1. The van der Waals surface area contributed by atoms with Gasteiger partial charge in [-0.3, -0.25) is 0 Å². The van der Waals surface area contributed by atoms with E-state index in [1.54, 1.807) is 12.1 Å². The maximum Gasteiger partial charge on any atom is 0.167 e. The van der Waals surface area contributed by atoms with Crippen molar-refractivity contribution in [1.29, 1.82) is 5.26 Å². The smallest absolute Gasteiger partial charge is 0.167 e. The van der Waals surface area contributed by atoms with Gasteiger partial charge in [-0.1, -0.05) is 0 Å². The number of hydrogen-bond acceptors (Lipinski definition) is 3. The molecule has 0 saturated carbocycles. The Hall–Kier alpha value is -1.76. The van der Waals surface area contributed by atoms with Crippen molar-refractivity contribution in [3.63, 3.8) is 0 Å². The monoisotopic (exact) mass is 236 g/mol. The van der Waals surface area contributed by atoms with Crippen LogP contribution in [-0.4, -0.2) is 20.7 Å². The number of benzene rings is 1. The van der Waals surface area contributed by atoms with E-state index in [-0.39, 0.29) is 5.75 Å². The van der Waals surface area contributed by atoms with E-state index >= 15 is 0 Å². The number of nitriles is 1. The maximum atomic E-state index is 13.5. The van der Waals surface area contributed by atoms with Crippen LogP contribution in [0.3, 0.4) is 0 Å². The standard InChI is InChI=1S/C13H17FN2O/c1-13(2,8-15)9-16(3)10-5-6-12(17-4)11(14)7-10/h5-7H,9H2,1-4H3. The summed E-state index contributed by atoms with van der Waals surface area (Å²) >= 11 is 0. The molecule has 1 aromatic carbocycles. The maximum absolute atomic E-state index is 13.5. The molecule has 17 heavy (non-hydrogen) atoms. The molecule has 0 spiro atoms. The minimum absolute atomic E-state index is 0.224. The molecule has 0 aromatic heterocycles. The van der Waals surface area contributed by atoms with Crippen molar-refractivity contribution in [2.24, 2.45) is 5.41 Å². The van der Waals surface area contributed by atoms with Crippen LogP contribution in [0.5, 0.6) is 5.75 Å². The molecule has 4 heteroatoms. The van der Waals surface area contributed by atoms with Crippen molar-refractivity contribution in [3.8, 4) is 11.8 Å². The average Bonchev–Trinajstić information content (AvgIpc) is 2.28. The van der Waals surface area contributed by atoms with Gasteiger partial charge in [-0.2, -0.15) is 5.26 Å². The molecule has 0 aliphatic rings. The average molecular weight is 236 g/mol. The molecule has 0 unspecified atom stereocenters. The van der Waals surface area contributed by atoms with Gasteiger partial charge < -0.3 is 9.64 Å². The summed E-state index contributed by atoms with van der Waals surface area (Å²) in [6.45, 7) is 4.24. The molecule has 92 valence electrons. The first-order valence-corrected chi connectivity index (χ1v) is 5.35. The Bertz CT molecular complexity index is 438. The van der Waals surface area contributed by atoms with E-state index in [1.165, 1.54) is 13.2 Å². The van der Waals surface area contributed by atoms with E-state index < -0.39 is 11.2 Å². The lowest BCUT2D eigenvalue weighted by atomic mass is 9.95. The number of halogens is 1. The van der Waals surface area contributed by atoms with Crippen molar-refractivity contribution in [3.05, 3.63) is 24.0 Å². The third-order valence-corrected chi connectivity index (χ3v) is 2.51. The van der Waals surface area contributed by atoms with Gasteiger partial charge in [-0.05, 0) is 26.0 Å². The molecule has 0 saturated heterocycles. The van der Waals surface area contributed by atoms with Gasteiger partial charge in [0.2, 0.25) is 0 Å². The van der Waals surface area contributed by atoms with Gasteiger partial charge in [0.05, 0.1) is 18.6 Å². The molecule has 3 nitrogen and oxygen atoms in total. The van der Waals surface area contributed by atoms with Crippen molar-refractivity contribution in [2.45, 2.75) is 13.8 Å². The van der Waals surface area contributed by atoms with E-state index in [9.17, 15) is 4.39 Å². The predicted octanol–water partition coefficient (Wildman–Crippen LogP) is 2.82. The van der Waals surface area contributed by atoms with Crippen LogP contribution in [0.2, 0.25) is 0 Å². The van der Waals surface area contributed by atoms with E-state index in [1.807, 2.05) is 25.8 Å². The summed E-state index contributed by atoms with van der Waals surface area (Å²) in [5.74, 6) is -0.173. The molecule has 1 aromatic rings. The summed E-state index contributed by atoms with van der Waals surface area (Å²) in [7, 11) is 3.26. The fraction of sp³-hybridized carbons (Fsp3) is 0.462. The molecule has 0 aliphatic heterocycles. The number of nitrogens with zero attached hydrogens (tertiary/aromatic N) is 2. The lowest BCUT2D eigenvalue weighted by Gasteiger charge is -2.26. The van der Waals surface area contributed by atoms with Crippen molar-refractivity contribution >= 4 is 5.69 Å². The van der Waals surface area contributed by atoms with E-state index in [2.05, 4.69) is 6.07 Å². The van der Waals surface area contributed by atoms with E-state index in [0.29, 0.717) is 6.54 Å². The summed E-state index contributed by atoms with van der Waals surface area (Å²) in [6, 6.07) is 6.99. The molecule has 0 atom stereocenters. The van der Waals surface area contributed by atoms with E-state index in [4.69, 9.17) is 10.00 Å². The summed E-state index contributed by atoms with van der Waals surface area (Å²) in [6.07, 6.45) is 0. The first kappa shape index (κ1) is 13.3. The Kier molecular flexibility index (Phi) is 3.95. The summed E-state index contributed by atoms with van der Waals surface area (Å²) in [5.41, 5.74) is 0.261. The topological polar surface area (TPSA) is 36.3 Å². The molecule has 0 radical (unpaired) electrons. The molecule has 0 aliphatic carbocycles. The van der Waals surface area contributed by atoms with Crippen LogP contribution < -0.4 is 9.64 Å². The van der Waals surface area contributed by atoms with Crippen LogP contribution in [0, 0.1) is 22.6 Å². The van der Waals surface area contributed by atoms with Crippen LogP contribution in [-0.2, 0) is 0 Å². The minimum Gasteiger partial charge on any atom is -0.494 e. The summed E-state index contributed by atoms with van der Waals surface area (Å²) < 4.78 is 18.4. The van der Waals surface area contributed by atoms with Crippen LogP contribution in [0.4, 0.5) is 10.1 Å². The van der Waals surface area contributed by atoms with Gasteiger partial charge >= 0.3 is 0 Å². The van der Waals surface area contributed by atoms with Crippen molar-refractivity contribution < 1.29 is 9.13 Å². The van der Waals surface area contributed by atoms with Gasteiger partial charge in [0.15, 0.2) is 11.6 Å². The predicted molar refractivity (Wildman–Crippen MR) is 65.6 cm³/mol. The molecular formula is C13H17FN2O. The Balaban J connectivity index is 2.87. The SMILES string of the molecule is COc1ccc(N(C)CC(C)(C)C#N)cc1F. The van der Waals surface area contributed by atoms with Crippen LogP contribution >= 0.6 is 0 Å². The summed E-state index contributed by atoms with van der Waals surface area (Å²) in [4.78, 5) is 1.85. The highest BCUT2D eigenvalue weighted by atomic mass is 19.1. The van der Waals surface area contributed by atoms with Crippen molar-refractivity contribution in [1.82, 2.24) is 0 Å². The molecule has 0 bridgehead atoms. The molecule has 0 fully saturated rings. The fourth-order valence-electron chi connectivity index (χ4n) is 1.61. The van der Waals surface area contributed by atoms with Gasteiger partial charge in [0, 0.05) is 25.3 Å². The lowest BCUT2D eigenvalue weighted by Crippen LogP contribution is -2.30. The van der Waals surface area contributed by atoms with Crippen LogP contribution in [0.15, 0.2) is 18.2 Å². The molecule has 1 rings (SSSR count). The molecule has 0 heterocycles. The summed E-state index contributed by atoms with van der Waals surface area (Å²) in [5, 5.41) is 8.96. The number of ether oxygens (including phenoxy) is 1. The number of hydrogen-bond donors (Lipinski definition) is 0. The van der Waals surface area contributed by atoms with Gasteiger partial charge in [-0.25, -0.2) is 4.39 Å². The molecule has 0 N–H and O–H groups in total. The quantitative estimate of drug-likeness (QED) is 0.806. The molecular weight excluding hydrogens is 219 g/mol. The van der Waals surface area contributed by atoms with E-state index in [0.717, 1.165) is 5.69 Å². The van der Waals surface area contributed by atoms with Crippen molar-refractivity contribution in [2.75, 3.05) is 25.6 Å². The normalized spacial score (nSPS) is 10.8. The first-order valence-electron chi connectivity index (χ1n) is 5.35. The van der Waals surface area contributed by atoms with Gasteiger partial charge in [0.25, 0.3) is 0 Å². The zero-order chi connectivity index (χ0) is 13.1. The minimum atomic E-state index is -0.467. The third-order valence-electron chi connectivity index (χ3n) is 2.51. The molecule has 0 amide bonds. The highest BCUT2D eigenvalue weighted by Gasteiger charge is 2.20. The van der Waals surface area contributed by atoms with Crippen LogP contribution in [0.25, 0.3) is 0 Å². The number of rotatable bonds is 4. The fourth-order valence-corrected chi connectivity index (χ4v) is 1.61. The highest BCUT2D eigenvalue weighted by Crippen LogP contribution is 2.25. The Morgan fingerprint density at radius 1 is 1.47 bits per heavy atom. The Morgan fingerprint density at radius 3 is 2.59 bits per heavy atom. The first-order chi connectivity index (χ1) is 7.89. The zero-order valence-electron chi connectivity index (χ0n) is 10.6. The Labute approximate surface area is 101 Å². The second-order valence-corrected chi connectivity index (χ2v) is 4.67. The highest BCUT2D eigenvalue weighted by molar-refractivity contribution is 5.49. The van der Waals surface area contributed by atoms with Crippen LogP contribution in [0.1, 0.15) is 13.8 Å². The van der Waals surface area contributed by atoms with Gasteiger partial charge in [0.1, 0.15) is 0 Å². The second-order valence-electron chi connectivity index (χ2n) is 4.67. The second kappa shape index (κ2) is 5.05. The number of anilines is 1. The largest absolute Gasteiger partial charge is 0.494 e. The third kappa shape index (κ3) is 3.35.